The van der Waals surface area contributed by atoms with E-state index in [9.17, 15) is 27.2 Å². The molecule has 3 N–H and O–H groups in total. The van der Waals surface area contributed by atoms with Crippen molar-refractivity contribution in [3.63, 3.8) is 0 Å². The van der Waals surface area contributed by atoms with Gasteiger partial charge in [-0.3, -0.25) is 4.90 Å². The zero-order chi connectivity index (χ0) is 22.2. The Morgan fingerprint density at radius 2 is 1.83 bits per heavy atom. The Morgan fingerprint density at radius 1 is 1.24 bits per heavy atom. The van der Waals surface area contributed by atoms with Crippen LogP contribution >= 0.6 is 0 Å². The van der Waals surface area contributed by atoms with Gasteiger partial charge >= 0.3 is 18.1 Å². The lowest BCUT2D eigenvalue weighted by Crippen LogP contribution is -2.41. The summed E-state index contributed by atoms with van der Waals surface area (Å²) in [7, 11) is 0. The average Bonchev–Trinajstić information content (AvgIpc) is 3.11. The van der Waals surface area contributed by atoms with Crippen LogP contribution in [-0.4, -0.2) is 52.2 Å². The highest BCUT2D eigenvalue weighted by molar-refractivity contribution is 5.89. The van der Waals surface area contributed by atoms with Crippen molar-refractivity contribution in [2.45, 2.75) is 45.1 Å². The predicted molar refractivity (Wildman–Crippen MR) is 97.8 cm³/mol. The van der Waals surface area contributed by atoms with E-state index in [4.69, 9.17) is 10.2 Å². The Labute approximate surface area is 165 Å². The van der Waals surface area contributed by atoms with Crippen molar-refractivity contribution in [2.75, 3.05) is 13.1 Å². The Balaban J connectivity index is 0.000000447. The molecule has 0 spiro atoms. The van der Waals surface area contributed by atoms with Gasteiger partial charge in [-0.15, -0.1) is 0 Å². The molecule has 6 nitrogen and oxygen atoms in total. The first-order chi connectivity index (χ1) is 13.4. The number of benzene rings is 1. The molecule has 0 radical (unpaired) electrons. The summed E-state index contributed by atoms with van der Waals surface area (Å²) in [4.78, 5) is 21.1. The number of rotatable bonds is 6. The maximum atomic E-state index is 13.4. The summed E-state index contributed by atoms with van der Waals surface area (Å²) in [5, 5.41) is 18.8. The van der Waals surface area contributed by atoms with Gasteiger partial charge in [-0.1, -0.05) is 0 Å². The summed E-state index contributed by atoms with van der Waals surface area (Å²) in [6, 6.07) is 2.98. The number of carbonyl (C=O) groups is 2. The van der Waals surface area contributed by atoms with Crippen molar-refractivity contribution < 1.29 is 37.4 Å². The fourth-order valence-electron chi connectivity index (χ4n) is 2.96. The molecular weight excluding hydrogens is 396 g/mol. The number of halogens is 4. The van der Waals surface area contributed by atoms with Crippen LogP contribution in [0.4, 0.5) is 17.6 Å². The number of aliphatic carboxylic acids is 2. The van der Waals surface area contributed by atoms with Gasteiger partial charge in [0.05, 0.1) is 5.56 Å². The molecule has 0 saturated carbocycles. The third-order valence-corrected chi connectivity index (χ3v) is 4.26. The first kappa shape index (κ1) is 24.6. The highest BCUT2D eigenvalue weighted by atomic mass is 19.4. The second-order valence-electron chi connectivity index (χ2n) is 6.72. The monoisotopic (exact) mass is 420 g/mol. The molecule has 1 saturated heterocycles. The molecule has 1 aromatic carbocycles. The standard InChI is InChI=1S/C15H20F4N2.C4H4O4/c1-10(2)21(13-5-6-20-8-13)9-11-7-12(16)3-4-14(11)15(17,18)19;5-3(6)1-2-4(7)8/h3-4,7,10,13,20H,5-6,8-9H2,1-2H3;1-2H,(H,5,6)(H,7,8)/t13-;/m0./s1. The van der Waals surface area contributed by atoms with Crippen LogP contribution in [0.25, 0.3) is 0 Å². The van der Waals surface area contributed by atoms with E-state index in [1.54, 1.807) is 0 Å². The lowest BCUT2D eigenvalue weighted by atomic mass is 10.0. The molecule has 1 aliphatic heterocycles. The van der Waals surface area contributed by atoms with E-state index in [0.717, 1.165) is 37.7 Å². The van der Waals surface area contributed by atoms with Crippen molar-refractivity contribution in [3.05, 3.63) is 47.3 Å². The first-order valence-electron chi connectivity index (χ1n) is 8.87. The molecule has 0 aromatic heterocycles. The molecule has 162 valence electrons. The SMILES string of the molecule is CC(C)N(Cc1cc(F)ccc1C(F)(F)F)[C@H]1CCNC1.O=C(O)C=CC(=O)O. The Bertz CT molecular complexity index is 713. The van der Waals surface area contributed by atoms with Gasteiger partial charge in [-0.2, -0.15) is 13.2 Å². The van der Waals surface area contributed by atoms with Gasteiger partial charge in [0.25, 0.3) is 0 Å². The summed E-state index contributed by atoms with van der Waals surface area (Å²) >= 11 is 0. The molecule has 2 rings (SSSR count). The second-order valence-corrected chi connectivity index (χ2v) is 6.72. The molecule has 1 heterocycles. The maximum absolute atomic E-state index is 13.4. The summed E-state index contributed by atoms with van der Waals surface area (Å²) in [6.45, 7) is 5.63. The van der Waals surface area contributed by atoms with Crippen LogP contribution in [-0.2, 0) is 22.3 Å². The minimum absolute atomic E-state index is 0.00287. The molecule has 1 fully saturated rings. The third kappa shape index (κ3) is 8.61. The lowest BCUT2D eigenvalue weighted by molar-refractivity contribution is -0.138. The van der Waals surface area contributed by atoms with Crippen molar-refractivity contribution in [3.8, 4) is 0 Å². The van der Waals surface area contributed by atoms with Gasteiger partial charge in [0.15, 0.2) is 0 Å². The minimum Gasteiger partial charge on any atom is -0.478 e. The van der Waals surface area contributed by atoms with Gasteiger partial charge in [0.1, 0.15) is 5.82 Å². The first-order valence-corrected chi connectivity index (χ1v) is 8.87. The fraction of sp³-hybridized carbons (Fsp3) is 0.474. The molecule has 1 aromatic rings. The van der Waals surface area contributed by atoms with Crippen LogP contribution in [0.3, 0.4) is 0 Å². The minimum atomic E-state index is -4.46. The summed E-state index contributed by atoms with van der Waals surface area (Å²) < 4.78 is 52.5. The van der Waals surface area contributed by atoms with Gasteiger partial charge in [0.2, 0.25) is 0 Å². The van der Waals surface area contributed by atoms with E-state index < -0.39 is 29.5 Å². The molecule has 1 aliphatic rings. The summed E-state index contributed by atoms with van der Waals surface area (Å²) in [5.41, 5.74) is -0.747. The number of hydrogen-bond acceptors (Lipinski definition) is 4. The molecular formula is C19H24F4N2O4. The topological polar surface area (TPSA) is 89.9 Å². The van der Waals surface area contributed by atoms with Gasteiger partial charge in [0, 0.05) is 37.3 Å². The lowest BCUT2D eigenvalue weighted by Gasteiger charge is -2.33. The Morgan fingerprint density at radius 3 is 2.24 bits per heavy atom. The molecule has 10 heteroatoms. The smallest absolute Gasteiger partial charge is 0.416 e. The Kier molecular flexibility index (Phi) is 9.25. The van der Waals surface area contributed by atoms with Crippen LogP contribution in [0, 0.1) is 5.82 Å². The summed E-state index contributed by atoms with van der Waals surface area (Å²) in [6.07, 6.45) is -2.45. The number of nitrogens with zero attached hydrogens (tertiary/aromatic N) is 1. The van der Waals surface area contributed by atoms with Crippen molar-refractivity contribution >= 4 is 11.9 Å². The second kappa shape index (κ2) is 10.9. The third-order valence-electron chi connectivity index (χ3n) is 4.26. The number of carboxylic acids is 2. The van der Waals surface area contributed by atoms with E-state index in [1.807, 2.05) is 18.7 Å². The molecule has 0 bridgehead atoms. The van der Waals surface area contributed by atoms with Crippen LogP contribution in [0.2, 0.25) is 0 Å². The summed E-state index contributed by atoms with van der Waals surface area (Å²) in [5.74, 6) is -3.15. The zero-order valence-corrected chi connectivity index (χ0v) is 16.0. The highest BCUT2D eigenvalue weighted by Crippen LogP contribution is 2.33. The fourth-order valence-corrected chi connectivity index (χ4v) is 2.96. The van der Waals surface area contributed by atoms with Crippen molar-refractivity contribution in [1.82, 2.24) is 10.2 Å². The van der Waals surface area contributed by atoms with E-state index >= 15 is 0 Å². The molecule has 29 heavy (non-hydrogen) atoms. The number of alkyl halides is 3. The largest absolute Gasteiger partial charge is 0.478 e. The van der Waals surface area contributed by atoms with E-state index in [1.165, 1.54) is 0 Å². The van der Waals surface area contributed by atoms with Gasteiger partial charge in [-0.25, -0.2) is 14.0 Å². The normalized spacial score (nSPS) is 16.9. The van der Waals surface area contributed by atoms with Crippen molar-refractivity contribution in [2.24, 2.45) is 0 Å². The molecule has 1 atom stereocenters. The van der Waals surface area contributed by atoms with E-state index in [-0.39, 0.29) is 24.2 Å². The van der Waals surface area contributed by atoms with Crippen LogP contribution < -0.4 is 5.32 Å². The predicted octanol–water partition coefficient (Wildman–Crippen LogP) is 3.13. The zero-order valence-electron chi connectivity index (χ0n) is 16.0. The molecule has 0 amide bonds. The number of hydrogen-bond donors (Lipinski definition) is 3. The van der Waals surface area contributed by atoms with Crippen molar-refractivity contribution in [1.29, 1.82) is 0 Å². The maximum Gasteiger partial charge on any atom is 0.416 e. The van der Waals surface area contributed by atoms with Crippen LogP contribution in [0.15, 0.2) is 30.4 Å². The average molecular weight is 420 g/mol. The quantitative estimate of drug-likeness (QED) is 0.484. The van der Waals surface area contributed by atoms with Gasteiger partial charge in [-0.05, 0) is 50.6 Å². The number of carboxylic acid groups (broad SMARTS) is 2. The highest BCUT2D eigenvalue weighted by Gasteiger charge is 2.35. The Hall–Kier alpha value is -2.46. The molecule has 0 aliphatic carbocycles. The van der Waals surface area contributed by atoms with E-state index in [2.05, 4.69) is 5.32 Å². The number of nitrogens with one attached hydrogen (secondary N) is 1. The van der Waals surface area contributed by atoms with Crippen LogP contribution in [0.1, 0.15) is 31.4 Å². The molecule has 0 unspecified atom stereocenters. The van der Waals surface area contributed by atoms with Crippen LogP contribution in [0.5, 0.6) is 0 Å². The van der Waals surface area contributed by atoms with Gasteiger partial charge < -0.3 is 15.5 Å². The van der Waals surface area contributed by atoms with E-state index in [0.29, 0.717) is 12.2 Å².